The highest BCUT2D eigenvalue weighted by atomic mass is 14.8. The fraction of sp³-hybridized carbons (Fsp3) is 0. The minimum atomic E-state index is 0.708. The molecule has 0 bridgehead atoms. The molecule has 0 N–H and O–H groups in total. The molecule has 0 saturated heterocycles. The molecule has 78 valence electrons. The van der Waals surface area contributed by atoms with Crippen LogP contribution in [0.1, 0.15) is 16.7 Å². The predicted molar refractivity (Wildman–Crippen MR) is 71.6 cm³/mol. The Labute approximate surface area is 95.1 Å². The van der Waals surface area contributed by atoms with Gasteiger partial charge in [0.05, 0.1) is 11.4 Å². The average molecular weight is 208 g/mol. The molecule has 0 radical (unpaired) electrons. The van der Waals surface area contributed by atoms with E-state index in [0.717, 1.165) is 28.0 Å². The molecular weight excluding hydrogens is 196 g/mol. The summed E-state index contributed by atoms with van der Waals surface area (Å²) in [5, 5.41) is 0. The maximum atomic E-state index is 4.03. The Morgan fingerprint density at radius 2 is 1.75 bits per heavy atom. The van der Waals surface area contributed by atoms with E-state index in [-0.39, 0.29) is 0 Å². The molecule has 0 unspecified atom stereocenters. The van der Waals surface area contributed by atoms with Gasteiger partial charge in [-0.1, -0.05) is 37.4 Å². The van der Waals surface area contributed by atoms with E-state index in [1.165, 1.54) is 0 Å². The fourth-order valence-corrected chi connectivity index (χ4v) is 1.99. The van der Waals surface area contributed by atoms with E-state index in [9.17, 15) is 0 Å². The van der Waals surface area contributed by atoms with Crippen molar-refractivity contribution in [3.05, 3.63) is 53.7 Å². The van der Waals surface area contributed by atoms with Crippen molar-refractivity contribution in [2.75, 3.05) is 0 Å². The first-order valence-corrected chi connectivity index (χ1v) is 4.87. The molecule has 16 heavy (non-hydrogen) atoms. The lowest BCUT2D eigenvalue weighted by Crippen LogP contribution is -1.87. The van der Waals surface area contributed by atoms with Crippen molar-refractivity contribution in [3.63, 3.8) is 0 Å². The SMILES string of the molecule is C=Cc1cccc2c1C(=C)C(N=C)=C2N=C. The molecule has 2 rings (SSSR count). The van der Waals surface area contributed by atoms with Crippen LogP contribution < -0.4 is 0 Å². The smallest absolute Gasteiger partial charge is 0.0963 e. The molecule has 1 aromatic carbocycles. The van der Waals surface area contributed by atoms with Crippen molar-refractivity contribution in [1.29, 1.82) is 0 Å². The summed E-state index contributed by atoms with van der Waals surface area (Å²) in [6.45, 7) is 14.9. The predicted octanol–water partition coefficient (Wildman–Crippen LogP) is 3.43. The van der Waals surface area contributed by atoms with Gasteiger partial charge in [0, 0.05) is 11.1 Å². The molecule has 1 aromatic rings. The molecule has 0 heterocycles. The molecular formula is C14H12N2. The molecule has 0 aliphatic heterocycles. The summed E-state index contributed by atoms with van der Waals surface area (Å²) in [6.07, 6.45) is 1.80. The summed E-state index contributed by atoms with van der Waals surface area (Å²) in [5.41, 5.74) is 5.35. The Hall–Kier alpha value is -2.22. The lowest BCUT2D eigenvalue weighted by molar-refractivity contribution is 1.45. The van der Waals surface area contributed by atoms with Gasteiger partial charge >= 0.3 is 0 Å². The van der Waals surface area contributed by atoms with Gasteiger partial charge in [-0.25, -0.2) is 0 Å². The van der Waals surface area contributed by atoms with Crippen LogP contribution in [0.4, 0.5) is 0 Å². The highest BCUT2D eigenvalue weighted by molar-refractivity contribution is 6.01. The zero-order chi connectivity index (χ0) is 11.7. The second kappa shape index (κ2) is 3.74. The standard InChI is InChI=1S/C14H12N2/c1-5-10-7-6-8-11-12(10)9(2)13(15-3)14(11)16-4/h5-8H,1-4H2. The Balaban J connectivity index is 2.80. The number of benzene rings is 1. The van der Waals surface area contributed by atoms with Crippen LogP contribution in [-0.4, -0.2) is 13.4 Å². The third-order valence-electron chi connectivity index (χ3n) is 2.70. The third-order valence-corrected chi connectivity index (χ3v) is 2.70. The number of aliphatic imine (C=N–C) groups is 2. The van der Waals surface area contributed by atoms with Crippen molar-refractivity contribution >= 4 is 30.8 Å². The first-order valence-electron chi connectivity index (χ1n) is 4.87. The van der Waals surface area contributed by atoms with Crippen LogP contribution in [0, 0.1) is 0 Å². The molecule has 1 aliphatic rings. The highest BCUT2D eigenvalue weighted by Gasteiger charge is 2.25. The first-order chi connectivity index (χ1) is 7.74. The van der Waals surface area contributed by atoms with Crippen LogP contribution in [0.5, 0.6) is 0 Å². The van der Waals surface area contributed by atoms with E-state index in [2.05, 4.69) is 36.6 Å². The largest absolute Gasteiger partial charge is 0.262 e. The third kappa shape index (κ3) is 1.20. The summed E-state index contributed by atoms with van der Waals surface area (Å²) in [5.74, 6) is 0. The number of allylic oxidation sites excluding steroid dienone is 1. The monoisotopic (exact) mass is 208 g/mol. The van der Waals surface area contributed by atoms with E-state index < -0.39 is 0 Å². The first kappa shape index (κ1) is 10.3. The van der Waals surface area contributed by atoms with Gasteiger partial charge in [-0.15, -0.1) is 0 Å². The highest BCUT2D eigenvalue weighted by Crippen LogP contribution is 2.43. The topological polar surface area (TPSA) is 24.7 Å². The van der Waals surface area contributed by atoms with E-state index in [1.54, 1.807) is 6.08 Å². The summed E-state index contributed by atoms with van der Waals surface area (Å²) < 4.78 is 0. The molecule has 2 heteroatoms. The fourth-order valence-electron chi connectivity index (χ4n) is 1.99. The number of rotatable bonds is 3. The zero-order valence-corrected chi connectivity index (χ0v) is 9.03. The lowest BCUT2D eigenvalue weighted by atomic mass is 9.99. The van der Waals surface area contributed by atoms with Crippen molar-refractivity contribution in [3.8, 4) is 0 Å². The Kier molecular flexibility index (Phi) is 2.41. The van der Waals surface area contributed by atoms with E-state index in [0.29, 0.717) is 5.70 Å². The van der Waals surface area contributed by atoms with E-state index >= 15 is 0 Å². The van der Waals surface area contributed by atoms with Crippen molar-refractivity contribution in [2.24, 2.45) is 9.98 Å². The number of hydrogen-bond acceptors (Lipinski definition) is 2. The van der Waals surface area contributed by atoms with Gasteiger partial charge in [-0.2, -0.15) is 0 Å². The number of fused-ring (bicyclic) bond motifs is 1. The van der Waals surface area contributed by atoms with Crippen LogP contribution in [0.25, 0.3) is 17.3 Å². The minimum Gasteiger partial charge on any atom is -0.262 e. The zero-order valence-electron chi connectivity index (χ0n) is 9.03. The molecule has 0 atom stereocenters. The van der Waals surface area contributed by atoms with Gasteiger partial charge in [0.25, 0.3) is 0 Å². The van der Waals surface area contributed by atoms with Crippen LogP contribution in [0.2, 0.25) is 0 Å². The number of nitrogens with zero attached hydrogens (tertiary/aromatic N) is 2. The second-order valence-electron chi connectivity index (χ2n) is 3.47. The Bertz CT molecular complexity index is 548. The van der Waals surface area contributed by atoms with Gasteiger partial charge < -0.3 is 0 Å². The summed E-state index contributed by atoms with van der Waals surface area (Å²) in [6, 6.07) is 5.93. The average Bonchev–Trinajstić information content (AvgIpc) is 2.61. The molecule has 0 aromatic heterocycles. The molecule has 0 fully saturated rings. The van der Waals surface area contributed by atoms with Gasteiger partial charge in [0.15, 0.2) is 0 Å². The lowest BCUT2D eigenvalue weighted by Gasteiger charge is -2.05. The van der Waals surface area contributed by atoms with Crippen molar-refractivity contribution in [2.45, 2.75) is 0 Å². The second-order valence-corrected chi connectivity index (χ2v) is 3.47. The van der Waals surface area contributed by atoms with Gasteiger partial charge in [-0.05, 0) is 24.6 Å². The maximum Gasteiger partial charge on any atom is 0.0963 e. The summed E-state index contributed by atoms with van der Waals surface area (Å²) >= 11 is 0. The van der Waals surface area contributed by atoms with Crippen LogP contribution in [-0.2, 0) is 0 Å². The Morgan fingerprint density at radius 3 is 2.31 bits per heavy atom. The molecule has 2 nitrogen and oxygen atoms in total. The molecule has 0 amide bonds. The Morgan fingerprint density at radius 1 is 1.06 bits per heavy atom. The van der Waals surface area contributed by atoms with Crippen LogP contribution in [0.3, 0.4) is 0 Å². The minimum absolute atomic E-state index is 0.708. The molecule has 1 aliphatic carbocycles. The van der Waals surface area contributed by atoms with Gasteiger partial charge in [-0.3, -0.25) is 9.98 Å². The normalized spacial score (nSPS) is 13.6. The van der Waals surface area contributed by atoms with E-state index in [1.807, 2.05) is 18.2 Å². The van der Waals surface area contributed by atoms with Gasteiger partial charge in [0.1, 0.15) is 0 Å². The van der Waals surface area contributed by atoms with Crippen molar-refractivity contribution in [1.82, 2.24) is 0 Å². The summed E-state index contributed by atoms with van der Waals surface area (Å²) in [7, 11) is 0. The van der Waals surface area contributed by atoms with Crippen molar-refractivity contribution < 1.29 is 0 Å². The van der Waals surface area contributed by atoms with Crippen LogP contribution >= 0.6 is 0 Å². The molecule has 0 spiro atoms. The number of hydrogen-bond donors (Lipinski definition) is 0. The van der Waals surface area contributed by atoms with Gasteiger partial charge in [0.2, 0.25) is 0 Å². The molecule has 0 saturated carbocycles. The van der Waals surface area contributed by atoms with E-state index in [4.69, 9.17) is 0 Å². The quantitative estimate of drug-likeness (QED) is 0.680. The summed E-state index contributed by atoms with van der Waals surface area (Å²) in [4.78, 5) is 7.98. The van der Waals surface area contributed by atoms with Crippen LogP contribution in [0.15, 0.2) is 47.0 Å². The maximum absolute atomic E-state index is 4.03.